The number of amides is 4. The first-order valence-corrected chi connectivity index (χ1v) is 9.49. The van der Waals surface area contributed by atoms with Crippen molar-refractivity contribution in [1.82, 2.24) is 15.1 Å². The Morgan fingerprint density at radius 2 is 1.93 bits per heavy atom. The van der Waals surface area contributed by atoms with Gasteiger partial charge in [-0.3, -0.25) is 14.5 Å². The molecular weight excluding hydrogens is 387 g/mol. The highest BCUT2D eigenvalue weighted by atomic mass is 19.4. The lowest BCUT2D eigenvalue weighted by Gasteiger charge is -2.29. The van der Waals surface area contributed by atoms with Crippen LogP contribution < -0.4 is 5.32 Å². The lowest BCUT2D eigenvalue weighted by molar-refractivity contribution is -0.137. The number of hydrogen-bond acceptors (Lipinski definition) is 3. The van der Waals surface area contributed by atoms with Crippen molar-refractivity contribution in [2.24, 2.45) is 0 Å². The van der Waals surface area contributed by atoms with Crippen LogP contribution in [0.4, 0.5) is 18.0 Å². The number of imide groups is 1. The van der Waals surface area contributed by atoms with E-state index in [1.807, 2.05) is 0 Å². The maximum absolute atomic E-state index is 13.0. The molecule has 0 radical (unpaired) electrons. The lowest BCUT2D eigenvalue weighted by atomic mass is 10.0. The Hall–Kier alpha value is -2.58. The molecule has 0 spiro atoms. The maximum atomic E-state index is 13.0. The zero-order chi connectivity index (χ0) is 22.0. The quantitative estimate of drug-likeness (QED) is 0.693. The minimum Gasteiger partial charge on any atom is -0.336 e. The van der Waals surface area contributed by atoms with Crippen LogP contribution in [0.3, 0.4) is 0 Å². The average molecular weight is 413 g/mol. The first-order valence-electron chi connectivity index (χ1n) is 9.49. The molecule has 9 heteroatoms. The van der Waals surface area contributed by atoms with Crippen LogP contribution >= 0.6 is 0 Å². The highest BCUT2D eigenvalue weighted by Gasteiger charge is 2.43. The van der Waals surface area contributed by atoms with Gasteiger partial charge in [-0.2, -0.15) is 13.2 Å². The van der Waals surface area contributed by atoms with Gasteiger partial charge in [0.15, 0.2) is 0 Å². The molecule has 0 aliphatic carbocycles. The van der Waals surface area contributed by atoms with Gasteiger partial charge >= 0.3 is 12.2 Å². The fraction of sp³-hybridized carbons (Fsp3) is 0.550. The largest absolute Gasteiger partial charge is 0.416 e. The summed E-state index contributed by atoms with van der Waals surface area (Å²) < 4.78 is 38.9. The highest BCUT2D eigenvalue weighted by molar-refractivity contribution is 6.06. The topological polar surface area (TPSA) is 69.7 Å². The number of nitrogens with one attached hydrogen (secondary N) is 1. The van der Waals surface area contributed by atoms with Gasteiger partial charge in [0.2, 0.25) is 5.91 Å². The lowest BCUT2D eigenvalue weighted by Crippen LogP contribution is -2.40. The normalized spacial score (nSPS) is 17.3. The number of benzene rings is 1. The third kappa shape index (κ3) is 5.07. The number of halogens is 3. The molecule has 1 atom stereocenters. The molecule has 1 heterocycles. The van der Waals surface area contributed by atoms with E-state index in [9.17, 15) is 27.6 Å². The van der Waals surface area contributed by atoms with Gasteiger partial charge in [0.1, 0.15) is 5.54 Å². The summed E-state index contributed by atoms with van der Waals surface area (Å²) in [6, 6.07) is 3.91. The Morgan fingerprint density at radius 3 is 2.45 bits per heavy atom. The Balaban J connectivity index is 2.00. The molecule has 1 aliphatic rings. The fourth-order valence-corrected chi connectivity index (χ4v) is 3.37. The second kappa shape index (κ2) is 8.42. The van der Waals surface area contributed by atoms with Crippen molar-refractivity contribution in [3.63, 3.8) is 0 Å². The first-order chi connectivity index (χ1) is 13.4. The summed E-state index contributed by atoms with van der Waals surface area (Å²) in [4.78, 5) is 39.3. The second-order valence-electron chi connectivity index (χ2n) is 7.59. The van der Waals surface area contributed by atoms with Crippen LogP contribution in [0.5, 0.6) is 0 Å². The molecule has 1 aliphatic heterocycles. The van der Waals surface area contributed by atoms with Crippen molar-refractivity contribution < 1.29 is 27.6 Å². The van der Waals surface area contributed by atoms with Gasteiger partial charge in [-0.1, -0.05) is 12.1 Å². The van der Waals surface area contributed by atoms with Crippen LogP contribution in [0, 0.1) is 0 Å². The van der Waals surface area contributed by atoms with E-state index < -0.39 is 29.4 Å². The highest BCUT2D eigenvalue weighted by Crippen LogP contribution is 2.32. The molecule has 1 saturated heterocycles. The zero-order valence-corrected chi connectivity index (χ0v) is 17.0. The number of hydrogen-bond donors (Lipinski definition) is 1. The summed E-state index contributed by atoms with van der Waals surface area (Å²) in [7, 11) is 0. The van der Waals surface area contributed by atoms with Gasteiger partial charge in [0.05, 0.1) is 11.6 Å². The van der Waals surface area contributed by atoms with Crippen molar-refractivity contribution in [2.45, 2.75) is 58.3 Å². The monoisotopic (exact) mass is 413 g/mol. The molecule has 0 aromatic heterocycles. The van der Waals surface area contributed by atoms with Crippen molar-refractivity contribution in [3.05, 3.63) is 35.4 Å². The molecule has 0 bridgehead atoms. The number of rotatable bonds is 7. The van der Waals surface area contributed by atoms with Gasteiger partial charge in [0.25, 0.3) is 5.91 Å². The van der Waals surface area contributed by atoms with Crippen LogP contribution in [0.15, 0.2) is 24.3 Å². The van der Waals surface area contributed by atoms with E-state index in [1.165, 1.54) is 11.0 Å². The fourth-order valence-electron chi connectivity index (χ4n) is 3.37. The van der Waals surface area contributed by atoms with E-state index in [2.05, 4.69) is 5.32 Å². The second-order valence-corrected chi connectivity index (χ2v) is 7.59. The minimum atomic E-state index is -4.45. The van der Waals surface area contributed by atoms with Crippen LogP contribution in [-0.2, 0) is 15.8 Å². The zero-order valence-electron chi connectivity index (χ0n) is 17.0. The van der Waals surface area contributed by atoms with Crippen LogP contribution in [-0.4, -0.2) is 46.3 Å². The van der Waals surface area contributed by atoms with Crippen molar-refractivity contribution in [2.75, 3.05) is 13.1 Å². The van der Waals surface area contributed by atoms with Crippen LogP contribution in [0.2, 0.25) is 0 Å². The maximum Gasteiger partial charge on any atom is 0.416 e. The van der Waals surface area contributed by atoms with Gasteiger partial charge in [-0.15, -0.1) is 0 Å². The molecule has 29 heavy (non-hydrogen) atoms. The van der Waals surface area contributed by atoms with E-state index >= 15 is 0 Å². The van der Waals surface area contributed by atoms with Gasteiger partial charge in [0, 0.05) is 19.5 Å². The Morgan fingerprint density at radius 1 is 1.28 bits per heavy atom. The summed E-state index contributed by atoms with van der Waals surface area (Å²) in [5.41, 5.74) is -1.33. The Labute approximate surface area is 168 Å². The third-order valence-corrected chi connectivity index (χ3v) is 5.04. The summed E-state index contributed by atoms with van der Waals surface area (Å²) >= 11 is 0. The Kier molecular flexibility index (Phi) is 6.60. The molecular formula is C20H26F3N3O3. The number of carbonyl (C=O) groups is 3. The molecule has 1 unspecified atom stereocenters. The molecule has 1 aromatic rings. The molecule has 0 saturated carbocycles. The van der Waals surface area contributed by atoms with Crippen molar-refractivity contribution in [1.29, 1.82) is 0 Å². The van der Waals surface area contributed by atoms with Crippen LogP contribution in [0.1, 0.15) is 57.7 Å². The summed E-state index contributed by atoms with van der Waals surface area (Å²) in [6.07, 6.45) is -4.10. The number of alkyl halides is 3. The Bertz CT molecular complexity index is 793. The first kappa shape index (κ1) is 22.7. The van der Waals surface area contributed by atoms with Gasteiger partial charge < -0.3 is 10.2 Å². The van der Waals surface area contributed by atoms with Crippen molar-refractivity contribution >= 4 is 17.8 Å². The SMILES string of the molecule is CCN(C(=O)CCCN1C(=O)NC(C)(C)C1=O)C(C)c1cccc(C(F)(F)F)c1. The van der Waals surface area contributed by atoms with Gasteiger partial charge in [-0.25, -0.2) is 4.79 Å². The van der Waals surface area contributed by atoms with E-state index in [0.717, 1.165) is 17.0 Å². The summed E-state index contributed by atoms with van der Waals surface area (Å²) in [5.74, 6) is -0.594. The standard InChI is InChI=1S/C20H26F3N3O3/c1-5-25(13(2)14-8-6-9-15(12-14)20(21,22)23)16(27)10-7-11-26-17(28)19(3,4)24-18(26)29/h6,8-9,12-13H,5,7,10-11H2,1-4H3,(H,24,29). The van der Waals surface area contributed by atoms with E-state index in [1.54, 1.807) is 33.8 Å². The van der Waals surface area contributed by atoms with E-state index in [0.29, 0.717) is 12.1 Å². The molecule has 1 aromatic carbocycles. The minimum absolute atomic E-state index is 0.0780. The summed E-state index contributed by atoms with van der Waals surface area (Å²) in [5, 5.41) is 2.57. The predicted octanol–water partition coefficient (Wildman–Crippen LogP) is 3.73. The number of nitrogens with zero attached hydrogens (tertiary/aromatic N) is 2. The molecule has 160 valence electrons. The smallest absolute Gasteiger partial charge is 0.336 e. The van der Waals surface area contributed by atoms with Crippen LogP contribution in [0.25, 0.3) is 0 Å². The molecule has 1 fully saturated rings. The molecule has 6 nitrogen and oxygen atoms in total. The van der Waals surface area contributed by atoms with E-state index in [4.69, 9.17) is 0 Å². The van der Waals surface area contributed by atoms with Crippen molar-refractivity contribution in [3.8, 4) is 0 Å². The van der Waals surface area contributed by atoms with E-state index in [-0.39, 0.29) is 31.2 Å². The molecule has 4 amide bonds. The number of urea groups is 1. The summed E-state index contributed by atoms with van der Waals surface area (Å²) in [6.45, 7) is 7.07. The predicted molar refractivity (Wildman–Crippen MR) is 101 cm³/mol. The van der Waals surface area contributed by atoms with Gasteiger partial charge in [-0.05, 0) is 51.8 Å². The molecule has 1 N–H and O–H groups in total. The molecule has 2 rings (SSSR count). The average Bonchev–Trinajstić information content (AvgIpc) is 2.83. The third-order valence-electron chi connectivity index (χ3n) is 5.04. The number of carbonyl (C=O) groups excluding carboxylic acids is 3.